The average molecular weight is 406 g/mol. The molecule has 2 aliphatic carbocycles. The number of para-hydroxylation sites is 1. The zero-order valence-corrected chi connectivity index (χ0v) is 16.8. The molecule has 2 heterocycles. The lowest BCUT2D eigenvalue weighted by molar-refractivity contribution is -0.114. The Labute approximate surface area is 172 Å². The van der Waals surface area contributed by atoms with Crippen LogP contribution in [0.15, 0.2) is 44.5 Å². The lowest BCUT2D eigenvalue weighted by atomic mass is 10.1. The first-order chi connectivity index (χ1) is 14.4. The van der Waals surface area contributed by atoms with E-state index >= 15 is 0 Å². The molecule has 1 aromatic carbocycles. The van der Waals surface area contributed by atoms with Crippen molar-refractivity contribution in [3.63, 3.8) is 0 Å². The fraction of sp³-hybridized carbons (Fsp3) is 0.364. The van der Waals surface area contributed by atoms with Gasteiger partial charge in [-0.3, -0.25) is 18.7 Å². The zero-order valence-electron chi connectivity index (χ0n) is 16.8. The van der Waals surface area contributed by atoms with Gasteiger partial charge in [-0.1, -0.05) is 18.2 Å². The summed E-state index contributed by atoms with van der Waals surface area (Å²) in [5.41, 5.74) is 1.18. The first kappa shape index (κ1) is 18.6. The van der Waals surface area contributed by atoms with Gasteiger partial charge in [-0.25, -0.2) is 4.79 Å². The number of carbonyl (C=O) groups is 1. The summed E-state index contributed by atoms with van der Waals surface area (Å²) < 4.78 is 2.53. The van der Waals surface area contributed by atoms with E-state index in [1.165, 1.54) is 20.2 Å². The number of aryl methyl sites for hydroxylation is 1. The van der Waals surface area contributed by atoms with E-state index in [1.807, 2.05) is 25.1 Å². The highest BCUT2D eigenvalue weighted by Crippen LogP contribution is 2.39. The van der Waals surface area contributed by atoms with Crippen molar-refractivity contribution in [1.29, 1.82) is 0 Å². The summed E-state index contributed by atoms with van der Waals surface area (Å²) in [6.45, 7) is 3.58. The van der Waals surface area contributed by atoms with Crippen molar-refractivity contribution < 1.29 is 9.90 Å². The number of nitrogens with zero attached hydrogens (tertiary/aromatic N) is 4. The van der Waals surface area contributed by atoms with Crippen LogP contribution in [0.3, 0.4) is 0 Å². The third kappa shape index (κ3) is 2.82. The van der Waals surface area contributed by atoms with Crippen molar-refractivity contribution >= 4 is 23.4 Å². The van der Waals surface area contributed by atoms with Crippen molar-refractivity contribution in [1.82, 2.24) is 9.13 Å². The molecule has 0 radical (unpaired) electrons. The maximum absolute atomic E-state index is 13.1. The van der Waals surface area contributed by atoms with Gasteiger partial charge in [0.25, 0.3) is 11.5 Å². The number of benzene rings is 1. The molecule has 3 aliphatic rings. The van der Waals surface area contributed by atoms with Gasteiger partial charge in [0.2, 0.25) is 5.88 Å². The van der Waals surface area contributed by atoms with Gasteiger partial charge in [0.05, 0.1) is 17.0 Å². The number of aromatic hydroxyl groups is 1. The Balaban J connectivity index is 1.65. The number of rotatable bonds is 4. The summed E-state index contributed by atoms with van der Waals surface area (Å²) in [4.78, 5) is 39.0. The average Bonchev–Trinajstić information content (AvgIpc) is 3.61. The first-order valence-electron chi connectivity index (χ1n) is 10.2. The molecule has 0 unspecified atom stereocenters. The van der Waals surface area contributed by atoms with Crippen LogP contribution >= 0.6 is 0 Å². The summed E-state index contributed by atoms with van der Waals surface area (Å²) in [5.74, 6) is -0.741. The fourth-order valence-corrected chi connectivity index (χ4v) is 3.88. The van der Waals surface area contributed by atoms with Crippen LogP contribution in [0.1, 0.15) is 55.8 Å². The number of hydrazone groups is 1. The summed E-state index contributed by atoms with van der Waals surface area (Å²) in [5, 5.41) is 16.5. The van der Waals surface area contributed by atoms with E-state index < -0.39 is 11.2 Å². The number of carbonyl (C=O) groups excluding carboxylic acids is 1. The van der Waals surface area contributed by atoms with Crippen molar-refractivity contribution in [2.75, 3.05) is 5.01 Å². The van der Waals surface area contributed by atoms with Gasteiger partial charge in [-0.2, -0.15) is 10.1 Å². The Kier molecular flexibility index (Phi) is 4.06. The highest BCUT2D eigenvalue weighted by molar-refractivity contribution is 6.32. The van der Waals surface area contributed by atoms with E-state index in [2.05, 4.69) is 5.10 Å². The topological polar surface area (TPSA) is 96.9 Å². The van der Waals surface area contributed by atoms with Crippen LogP contribution in [0.5, 0.6) is 5.88 Å². The second-order valence-corrected chi connectivity index (χ2v) is 8.17. The van der Waals surface area contributed by atoms with Crippen LogP contribution in [0.25, 0.3) is 6.08 Å². The van der Waals surface area contributed by atoms with Crippen molar-refractivity contribution in [2.24, 2.45) is 5.10 Å². The third-order valence-electron chi connectivity index (χ3n) is 5.85. The molecule has 1 amide bonds. The van der Waals surface area contributed by atoms with Crippen LogP contribution in [0, 0.1) is 6.92 Å². The zero-order chi connectivity index (χ0) is 21.2. The number of amides is 1. The second-order valence-electron chi connectivity index (χ2n) is 8.17. The normalized spacial score (nSPS) is 20.2. The minimum atomic E-state index is -0.556. The molecule has 1 N–H and O–H groups in total. The molecule has 0 spiro atoms. The lowest BCUT2D eigenvalue weighted by Crippen LogP contribution is -2.40. The summed E-state index contributed by atoms with van der Waals surface area (Å²) in [7, 11) is 0. The Morgan fingerprint density at radius 3 is 2.27 bits per heavy atom. The van der Waals surface area contributed by atoms with E-state index in [4.69, 9.17) is 0 Å². The highest BCUT2D eigenvalue weighted by atomic mass is 16.3. The minimum absolute atomic E-state index is 0.0297. The van der Waals surface area contributed by atoms with Crippen LogP contribution in [0.2, 0.25) is 0 Å². The number of hydrogen-bond donors (Lipinski definition) is 1. The maximum Gasteiger partial charge on any atom is 0.334 e. The third-order valence-corrected chi connectivity index (χ3v) is 5.85. The predicted octanol–water partition coefficient (Wildman–Crippen LogP) is 2.50. The van der Waals surface area contributed by atoms with E-state index in [0.717, 1.165) is 31.2 Å². The molecule has 2 saturated carbocycles. The summed E-state index contributed by atoms with van der Waals surface area (Å²) in [6.07, 6.45) is 4.48. The van der Waals surface area contributed by atoms with Gasteiger partial charge in [0.1, 0.15) is 5.56 Å². The quantitative estimate of drug-likeness (QED) is 0.789. The van der Waals surface area contributed by atoms with Gasteiger partial charge >= 0.3 is 5.69 Å². The molecule has 0 saturated heterocycles. The van der Waals surface area contributed by atoms with E-state index in [-0.39, 0.29) is 35.0 Å². The summed E-state index contributed by atoms with van der Waals surface area (Å²) in [6, 6.07) is 7.17. The van der Waals surface area contributed by atoms with Crippen LogP contribution in [-0.4, -0.2) is 25.9 Å². The molecule has 0 bridgehead atoms. The monoisotopic (exact) mass is 406 g/mol. The van der Waals surface area contributed by atoms with Crippen LogP contribution < -0.4 is 16.3 Å². The van der Waals surface area contributed by atoms with Crippen molar-refractivity contribution in [3.05, 3.63) is 61.8 Å². The molecule has 2 fully saturated rings. The smallest absolute Gasteiger partial charge is 0.334 e. The number of aromatic nitrogens is 2. The molecule has 1 aliphatic heterocycles. The molecule has 8 nitrogen and oxygen atoms in total. The van der Waals surface area contributed by atoms with Crippen LogP contribution in [-0.2, 0) is 4.79 Å². The number of anilines is 1. The van der Waals surface area contributed by atoms with Gasteiger partial charge in [0, 0.05) is 12.1 Å². The van der Waals surface area contributed by atoms with Gasteiger partial charge < -0.3 is 5.11 Å². The number of hydrogen-bond acceptors (Lipinski definition) is 5. The van der Waals surface area contributed by atoms with Gasteiger partial charge in [-0.05, 0) is 57.2 Å². The van der Waals surface area contributed by atoms with Gasteiger partial charge in [0.15, 0.2) is 0 Å². The lowest BCUT2D eigenvalue weighted by Gasteiger charge is -2.15. The van der Waals surface area contributed by atoms with Crippen molar-refractivity contribution in [3.8, 4) is 5.88 Å². The maximum atomic E-state index is 13.1. The van der Waals surface area contributed by atoms with Crippen molar-refractivity contribution in [2.45, 2.75) is 51.6 Å². The Morgan fingerprint density at radius 2 is 1.63 bits per heavy atom. The SMILES string of the molecule is CC1=NN(c2ccccc2C)C(=O)/C1=C\c1c(O)n(C2CC2)c(=O)n(C2CC2)c1=O. The molecule has 0 atom stereocenters. The standard InChI is InChI=1S/C22H22N4O4/c1-12-5-3-4-6-18(12)26-21(29)16(13(2)23-26)11-17-19(27)24(14-7-8-14)22(30)25(20(17)28)15-9-10-15/h3-6,11,14-15,27H,7-10H2,1-2H3/b16-11-. The molecule has 8 heteroatoms. The summed E-state index contributed by atoms with van der Waals surface area (Å²) >= 11 is 0. The predicted molar refractivity (Wildman–Crippen MR) is 113 cm³/mol. The largest absolute Gasteiger partial charge is 0.494 e. The molecular weight excluding hydrogens is 384 g/mol. The molecule has 154 valence electrons. The van der Waals surface area contributed by atoms with Crippen LogP contribution in [0.4, 0.5) is 5.69 Å². The molecule has 5 rings (SSSR count). The molecule has 2 aromatic rings. The van der Waals surface area contributed by atoms with E-state index in [9.17, 15) is 19.5 Å². The fourth-order valence-electron chi connectivity index (χ4n) is 3.88. The Hall–Kier alpha value is -3.42. The highest BCUT2D eigenvalue weighted by Gasteiger charge is 2.36. The van der Waals surface area contributed by atoms with E-state index in [0.29, 0.717) is 11.4 Å². The second kappa shape index (κ2) is 6.55. The molecule has 1 aromatic heterocycles. The molecular formula is C22H22N4O4. The van der Waals surface area contributed by atoms with Gasteiger partial charge in [-0.15, -0.1) is 0 Å². The first-order valence-corrected chi connectivity index (χ1v) is 10.2. The Morgan fingerprint density at radius 1 is 1.00 bits per heavy atom. The Bertz CT molecular complexity index is 1260. The molecule has 30 heavy (non-hydrogen) atoms. The van der Waals surface area contributed by atoms with E-state index in [1.54, 1.807) is 13.0 Å². The minimum Gasteiger partial charge on any atom is -0.494 e.